The lowest BCUT2D eigenvalue weighted by Crippen LogP contribution is -2.39. The second kappa shape index (κ2) is 13.7. The van der Waals surface area contributed by atoms with Gasteiger partial charge >= 0.3 is 0 Å². The largest absolute Gasteiger partial charge is 0.357 e. The van der Waals surface area contributed by atoms with Crippen LogP contribution in [0.3, 0.4) is 0 Å². The highest BCUT2D eigenvalue weighted by Crippen LogP contribution is 2.06. The SMILES string of the molecule is C=CCCCN(C)C(=NCc1ccc(C(=O)NCC)cc1)NCC.I. The number of carbonyl (C=O) groups excluding carboxylic acids is 1. The summed E-state index contributed by atoms with van der Waals surface area (Å²) in [7, 11) is 2.04. The number of aliphatic imine (C=N–C) groups is 1. The lowest BCUT2D eigenvalue weighted by molar-refractivity contribution is 0.0956. The van der Waals surface area contributed by atoms with E-state index in [4.69, 9.17) is 0 Å². The number of carbonyl (C=O) groups is 1. The maximum atomic E-state index is 11.8. The Balaban J connectivity index is 0.00000576. The van der Waals surface area contributed by atoms with Crippen LogP contribution >= 0.6 is 24.0 Å². The predicted octanol–water partition coefficient (Wildman–Crippen LogP) is 3.42. The van der Waals surface area contributed by atoms with E-state index in [-0.39, 0.29) is 29.9 Å². The van der Waals surface area contributed by atoms with Gasteiger partial charge in [-0.3, -0.25) is 4.79 Å². The molecule has 1 amide bonds. The molecule has 0 saturated heterocycles. The van der Waals surface area contributed by atoms with Gasteiger partial charge in [-0.05, 0) is 44.4 Å². The van der Waals surface area contributed by atoms with Crippen LogP contribution in [0, 0.1) is 0 Å². The monoisotopic (exact) mass is 458 g/mol. The molecule has 0 bridgehead atoms. The van der Waals surface area contributed by atoms with Crippen molar-refractivity contribution in [2.75, 3.05) is 26.7 Å². The van der Waals surface area contributed by atoms with Crippen molar-refractivity contribution in [3.63, 3.8) is 0 Å². The third-order valence-electron chi connectivity index (χ3n) is 3.56. The summed E-state index contributed by atoms with van der Waals surface area (Å²) in [4.78, 5) is 18.6. The van der Waals surface area contributed by atoms with Crippen molar-refractivity contribution in [2.45, 2.75) is 33.2 Å². The summed E-state index contributed by atoms with van der Waals surface area (Å²) in [5.74, 6) is 0.859. The van der Waals surface area contributed by atoms with Crippen LogP contribution in [0.4, 0.5) is 0 Å². The van der Waals surface area contributed by atoms with Crippen LogP contribution in [0.25, 0.3) is 0 Å². The molecule has 5 nitrogen and oxygen atoms in total. The van der Waals surface area contributed by atoms with Crippen LogP contribution in [0.1, 0.15) is 42.6 Å². The quantitative estimate of drug-likeness (QED) is 0.196. The molecule has 1 aromatic rings. The molecular formula is C19H31IN4O. The first-order valence-electron chi connectivity index (χ1n) is 8.59. The molecule has 1 rings (SSSR count). The first-order valence-corrected chi connectivity index (χ1v) is 8.59. The van der Waals surface area contributed by atoms with Gasteiger partial charge < -0.3 is 15.5 Å². The molecular weight excluding hydrogens is 427 g/mol. The molecule has 0 aromatic heterocycles. The fourth-order valence-electron chi connectivity index (χ4n) is 2.24. The van der Waals surface area contributed by atoms with Crippen molar-refractivity contribution in [3.8, 4) is 0 Å². The molecule has 140 valence electrons. The van der Waals surface area contributed by atoms with Gasteiger partial charge in [0.05, 0.1) is 6.54 Å². The van der Waals surface area contributed by atoms with E-state index in [2.05, 4.69) is 34.0 Å². The van der Waals surface area contributed by atoms with Crippen molar-refractivity contribution in [3.05, 3.63) is 48.0 Å². The Kier molecular flexibility index (Phi) is 12.8. The number of halogens is 1. The van der Waals surface area contributed by atoms with Crippen molar-refractivity contribution in [1.29, 1.82) is 0 Å². The second-order valence-corrected chi connectivity index (χ2v) is 5.58. The normalized spacial score (nSPS) is 10.6. The van der Waals surface area contributed by atoms with Gasteiger partial charge in [-0.1, -0.05) is 18.2 Å². The first kappa shape index (κ1) is 23.4. The maximum absolute atomic E-state index is 11.8. The van der Waals surface area contributed by atoms with Crippen molar-refractivity contribution >= 4 is 35.8 Å². The lowest BCUT2D eigenvalue weighted by atomic mass is 10.1. The van der Waals surface area contributed by atoms with Crippen LogP contribution in [0.15, 0.2) is 41.9 Å². The molecule has 0 aliphatic heterocycles. The van der Waals surface area contributed by atoms with E-state index in [1.165, 1.54) is 0 Å². The number of hydrogen-bond donors (Lipinski definition) is 2. The number of unbranched alkanes of at least 4 members (excludes halogenated alkanes) is 1. The van der Waals surface area contributed by atoms with Gasteiger partial charge in [-0.25, -0.2) is 4.99 Å². The van der Waals surface area contributed by atoms with Gasteiger partial charge in [0.25, 0.3) is 5.91 Å². The summed E-state index contributed by atoms with van der Waals surface area (Å²) < 4.78 is 0. The Bertz CT molecular complexity index is 543. The molecule has 0 fully saturated rings. The topological polar surface area (TPSA) is 56.7 Å². The molecule has 0 aliphatic rings. The van der Waals surface area contributed by atoms with E-state index in [0.29, 0.717) is 18.7 Å². The zero-order chi connectivity index (χ0) is 17.8. The second-order valence-electron chi connectivity index (χ2n) is 5.58. The Morgan fingerprint density at radius 3 is 2.40 bits per heavy atom. The number of benzene rings is 1. The summed E-state index contributed by atoms with van der Waals surface area (Å²) in [5.41, 5.74) is 1.76. The molecule has 2 N–H and O–H groups in total. The first-order chi connectivity index (χ1) is 11.6. The van der Waals surface area contributed by atoms with Gasteiger partial charge in [0, 0.05) is 32.2 Å². The molecule has 0 radical (unpaired) electrons. The van der Waals surface area contributed by atoms with E-state index < -0.39 is 0 Å². The molecule has 0 aliphatic carbocycles. The number of amides is 1. The number of nitrogens with zero attached hydrogens (tertiary/aromatic N) is 2. The molecule has 0 unspecified atom stereocenters. The van der Waals surface area contributed by atoms with E-state index in [1.54, 1.807) is 0 Å². The number of guanidine groups is 1. The van der Waals surface area contributed by atoms with E-state index in [0.717, 1.165) is 37.5 Å². The van der Waals surface area contributed by atoms with E-state index in [1.807, 2.05) is 44.3 Å². The minimum atomic E-state index is -0.0390. The van der Waals surface area contributed by atoms with E-state index >= 15 is 0 Å². The molecule has 6 heteroatoms. The molecule has 0 heterocycles. The van der Waals surface area contributed by atoms with Gasteiger partial charge in [-0.15, -0.1) is 30.6 Å². The fraction of sp³-hybridized carbons (Fsp3) is 0.474. The summed E-state index contributed by atoms with van der Waals surface area (Å²) in [6.45, 7) is 10.7. The van der Waals surface area contributed by atoms with Crippen molar-refractivity contribution in [2.24, 2.45) is 4.99 Å². The van der Waals surface area contributed by atoms with Crippen molar-refractivity contribution < 1.29 is 4.79 Å². The predicted molar refractivity (Wildman–Crippen MR) is 117 cm³/mol. The number of allylic oxidation sites excluding steroid dienone is 1. The highest BCUT2D eigenvalue weighted by Gasteiger charge is 2.06. The average molecular weight is 458 g/mol. The lowest BCUT2D eigenvalue weighted by Gasteiger charge is -2.21. The smallest absolute Gasteiger partial charge is 0.251 e. The minimum absolute atomic E-state index is 0. The number of nitrogens with one attached hydrogen (secondary N) is 2. The Morgan fingerprint density at radius 2 is 1.84 bits per heavy atom. The zero-order valence-electron chi connectivity index (χ0n) is 15.5. The van der Waals surface area contributed by atoms with Crippen molar-refractivity contribution in [1.82, 2.24) is 15.5 Å². The molecule has 0 saturated carbocycles. The third kappa shape index (κ3) is 8.90. The van der Waals surface area contributed by atoms with Gasteiger partial charge in [0.2, 0.25) is 0 Å². The minimum Gasteiger partial charge on any atom is -0.357 e. The molecule has 0 spiro atoms. The highest BCUT2D eigenvalue weighted by molar-refractivity contribution is 14.0. The number of hydrogen-bond acceptors (Lipinski definition) is 2. The molecule has 1 aromatic carbocycles. The van der Waals surface area contributed by atoms with Gasteiger partial charge in [0.1, 0.15) is 0 Å². The molecule has 25 heavy (non-hydrogen) atoms. The average Bonchev–Trinajstić information content (AvgIpc) is 2.59. The summed E-state index contributed by atoms with van der Waals surface area (Å²) in [5, 5.41) is 6.11. The van der Waals surface area contributed by atoms with Crippen LogP contribution in [-0.2, 0) is 6.54 Å². The van der Waals surface area contributed by atoms with Crippen LogP contribution < -0.4 is 10.6 Å². The Hall–Kier alpha value is -1.57. The fourth-order valence-corrected chi connectivity index (χ4v) is 2.24. The van der Waals surface area contributed by atoms with Crippen LogP contribution in [0.2, 0.25) is 0 Å². The Labute approximate surface area is 169 Å². The van der Waals surface area contributed by atoms with Gasteiger partial charge in [0.15, 0.2) is 5.96 Å². The zero-order valence-corrected chi connectivity index (χ0v) is 17.9. The van der Waals surface area contributed by atoms with Crippen LogP contribution in [-0.4, -0.2) is 43.4 Å². The Morgan fingerprint density at radius 1 is 1.20 bits per heavy atom. The number of rotatable bonds is 9. The molecule has 0 atom stereocenters. The van der Waals surface area contributed by atoms with Gasteiger partial charge in [-0.2, -0.15) is 0 Å². The standard InChI is InChI=1S/C19H30N4O.HI/c1-5-8-9-14-23(4)19(21-7-3)22-15-16-10-12-17(13-11-16)18(24)20-6-2;/h5,10-13H,1,6-9,14-15H2,2-4H3,(H,20,24)(H,21,22);1H. The third-order valence-corrected chi connectivity index (χ3v) is 3.56. The van der Waals surface area contributed by atoms with E-state index in [9.17, 15) is 4.79 Å². The highest BCUT2D eigenvalue weighted by atomic mass is 127. The summed E-state index contributed by atoms with van der Waals surface area (Å²) >= 11 is 0. The summed E-state index contributed by atoms with van der Waals surface area (Å²) in [6, 6.07) is 7.60. The van der Waals surface area contributed by atoms with Crippen LogP contribution in [0.5, 0.6) is 0 Å². The summed E-state index contributed by atoms with van der Waals surface area (Å²) in [6.07, 6.45) is 4.00. The maximum Gasteiger partial charge on any atom is 0.251 e.